The Morgan fingerprint density at radius 1 is 1.67 bits per heavy atom. The van der Waals surface area contributed by atoms with Crippen LogP contribution in [0.25, 0.3) is 0 Å². The molecule has 0 aliphatic carbocycles. The normalized spacial score (nSPS) is 10.2. The summed E-state index contributed by atoms with van der Waals surface area (Å²) in [6, 6.07) is 0. The summed E-state index contributed by atoms with van der Waals surface area (Å²) in [6.07, 6.45) is 0. The molecule has 4 heteroatoms. The van der Waals surface area contributed by atoms with E-state index in [1.54, 1.807) is 4.57 Å². The Bertz CT molecular complexity index is 209. The van der Waals surface area contributed by atoms with Crippen LogP contribution in [0.1, 0.15) is 5.69 Å². The highest BCUT2D eigenvalue weighted by molar-refractivity contribution is 9.10. The molecule has 0 aliphatic rings. The van der Waals surface area contributed by atoms with Gasteiger partial charge in [0.25, 0.3) is 0 Å². The third-order valence-electron chi connectivity index (χ3n) is 1.13. The van der Waals surface area contributed by atoms with E-state index in [4.69, 9.17) is 11.6 Å². The zero-order chi connectivity index (χ0) is 7.02. The quantitative estimate of drug-likeness (QED) is 0.640. The lowest BCUT2D eigenvalue weighted by Crippen LogP contribution is -1.85. The molecule has 50 valence electrons. The monoisotopic (exact) mass is 208 g/mol. The molecule has 1 aromatic rings. The van der Waals surface area contributed by atoms with Crippen LogP contribution in [-0.4, -0.2) is 9.55 Å². The van der Waals surface area contributed by atoms with Crippen LogP contribution < -0.4 is 0 Å². The molecule has 1 rings (SSSR count). The van der Waals surface area contributed by atoms with Crippen LogP contribution in [0, 0.1) is 6.92 Å². The number of aromatic nitrogens is 2. The fourth-order valence-corrected chi connectivity index (χ4v) is 1.15. The second-order valence-electron chi connectivity index (χ2n) is 1.82. The molecular weight excluding hydrogens is 203 g/mol. The Morgan fingerprint density at radius 2 is 2.22 bits per heavy atom. The lowest BCUT2D eigenvalue weighted by atomic mass is 10.6. The summed E-state index contributed by atoms with van der Waals surface area (Å²) in [4.78, 5) is 3.99. The number of halogens is 2. The van der Waals surface area contributed by atoms with Crippen molar-refractivity contribution in [3.8, 4) is 0 Å². The van der Waals surface area contributed by atoms with Crippen molar-refractivity contribution < 1.29 is 0 Å². The molecule has 0 radical (unpaired) electrons. The minimum atomic E-state index is 0.513. The molecule has 0 aromatic carbocycles. The molecule has 9 heavy (non-hydrogen) atoms. The maximum Gasteiger partial charge on any atom is 0.203 e. The van der Waals surface area contributed by atoms with Gasteiger partial charge in [0.1, 0.15) is 4.60 Å². The van der Waals surface area contributed by atoms with Crippen LogP contribution in [0.2, 0.25) is 5.28 Å². The maximum absolute atomic E-state index is 5.66. The summed E-state index contributed by atoms with van der Waals surface area (Å²) in [5, 5.41) is 0.513. The third kappa shape index (κ3) is 1.12. The lowest BCUT2D eigenvalue weighted by Gasteiger charge is -1.91. The first-order valence-electron chi connectivity index (χ1n) is 2.47. The van der Waals surface area contributed by atoms with Crippen molar-refractivity contribution >= 4 is 27.5 Å². The van der Waals surface area contributed by atoms with E-state index in [0.717, 1.165) is 10.3 Å². The average Bonchev–Trinajstić information content (AvgIpc) is 1.98. The minimum absolute atomic E-state index is 0.513. The first-order chi connectivity index (χ1) is 4.13. The number of hydrogen-bond acceptors (Lipinski definition) is 1. The summed E-state index contributed by atoms with van der Waals surface area (Å²) in [6.45, 7) is 1.90. The summed E-state index contributed by atoms with van der Waals surface area (Å²) >= 11 is 8.97. The molecule has 0 saturated carbocycles. The van der Waals surface area contributed by atoms with E-state index in [1.807, 2.05) is 14.0 Å². The highest BCUT2D eigenvalue weighted by Crippen LogP contribution is 2.18. The van der Waals surface area contributed by atoms with Gasteiger partial charge in [-0.25, -0.2) is 4.98 Å². The van der Waals surface area contributed by atoms with Crippen LogP contribution in [0.4, 0.5) is 0 Å². The van der Waals surface area contributed by atoms with Crippen molar-refractivity contribution in [1.82, 2.24) is 9.55 Å². The first-order valence-corrected chi connectivity index (χ1v) is 3.64. The number of imidazole rings is 1. The van der Waals surface area contributed by atoms with E-state index in [1.165, 1.54) is 0 Å². The SMILES string of the molecule is Cc1nc(Cl)n(C)c1Br. The molecule has 2 nitrogen and oxygen atoms in total. The van der Waals surface area contributed by atoms with Gasteiger partial charge in [-0.3, -0.25) is 0 Å². The van der Waals surface area contributed by atoms with Gasteiger partial charge in [-0.05, 0) is 34.5 Å². The predicted molar refractivity (Wildman–Crippen MR) is 40.7 cm³/mol. The molecular formula is C5H6BrClN2. The standard InChI is InChI=1S/C5H6BrClN2/c1-3-4(6)9(2)5(7)8-3/h1-2H3. The van der Waals surface area contributed by atoms with Crippen molar-refractivity contribution in [1.29, 1.82) is 0 Å². The molecule has 0 atom stereocenters. The highest BCUT2D eigenvalue weighted by atomic mass is 79.9. The van der Waals surface area contributed by atoms with Crippen molar-refractivity contribution in [3.05, 3.63) is 15.6 Å². The van der Waals surface area contributed by atoms with E-state index in [0.29, 0.717) is 5.28 Å². The summed E-state index contributed by atoms with van der Waals surface area (Å²) in [5.41, 5.74) is 0.919. The molecule has 0 fully saturated rings. The van der Waals surface area contributed by atoms with E-state index < -0.39 is 0 Å². The van der Waals surface area contributed by atoms with Crippen LogP contribution in [-0.2, 0) is 7.05 Å². The average molecular weight is 209 g/mol. The second kappa shape index (κ2) is 2.31. The van der Waals surface area contributed by atoms with Gasteiger partial charge in [-0.15, -0.1) is 0 Å². The molecule has 0 amide bonds. The van der Waals surface area contributed by atoms with Gasteiger partial charge in [0, 0.05) is 7.05 Å². The molecule has 0 unspecified atom stereocenters. The molecule has 0 aliphatic heterocycles. The molecule has 0 bridgehead atoms. The number of nitrogens with zero attached hydrogens (tertiary/aromatic N) is 2. The van der Waals surface area contributed by atoms with Gasteiger partial charge in [-0.1, -0.05) is 0 Å². The van der Waals surface area contributed by atoms with E-state index in [2.05, 4.69) is 20.9 Å². The Balaban J connectivity index is 3.29. The fraction of sp³-hybridized carbons (Fsp3) is 0.400. The number of hydrogen-bond donors (Lipinski definition) is 0. The molecule has 0 saturated heterocycles. The van der Waals surface area contributed by atoms with Crippen molar-refractivity contribution in [3.63, 3.8) is 0 Å². The Labute approximate surface area is 67.0 Å². The fourth-order valence-electron chi connectivity index (χ4n) is 0.583. The van der Waals surface area contributed by atoms with Crippen LogP contribution in [0.3, 0.4) is 0 Å². The summed E-state index contributed by atoms with van der Waals surface area (Å²) in [5.74, 6) is 0. The second-order valence-corrected chi connectivity index (χ2v) is 2.91. The zero-order valence-electron chi connectivity index (χ0n) is 5.15. The summed E-state index contributed by atoms with van der Waals surface area (Å²) < 4.78 is 2.71. The Morgan fingerprint density at radius 3 is 2.33 bits per heavy atom. The smallest absolute Gasteiger partial charge is 0.203 e. The molecule has 0 spiro atoms. The highest BCUT2D eigenvalue weighted by Gasteiger charge is 2.04. The molecule has 0 N–H and O–H groups in total. The van der Waals surface area contributed by atoms with Gasteiger partial charge < -0.3 is 4.57 Å². The van der Waals surface area contributed by atoms with Crippen molar-refractivity contribution in [2.75, 3.05) is 0 Å². The van der Waals surface area contributed by atoms with Crippen LogP contribution in [0.15, 0.2) is 4.60 Å². The van der Waals surface area contributed by atoms with Crippen LogP contribution >= 0.6 is 27.5 Å². The summed E-state index contributed by atoms with van der Waals surface area (Å²) in [7, 11) is 1.85. The van der Waals surface area contributed by atoms with Crippen LogP contribution in [0.5, 0.6) is 0 Å². The van der Waals surface area contributed by atoms with Crippen molar-refractivity contribution in [2.45, 2.75) is 6.92 Å². The molecule has 1 aromatic heterocycles. The zero-order valence-corrected chi connectivity index (χ0v) is 7.49. The first kappa shape index (κ1) is 7.09. The van der Waals surface area contributed by atoms with E-state index in [-0.39, 0.29) is 0 Å². The number of aryl methyl sites for hydroxylation is 1. The largest absolute Gasteiger partial charge is 0.312 e. The topological polar surface area (TPSA) is 17.8 Å². The minimum Gasteiger partial charge on any atom is -0.312 e. The van der Waals surface area contributed by atoms with Gasteiger partial charge in [0.15, 0.2) is 0 Å². The van der Waals surface area contributed by atoms with E-state index >= 15 is 0 Å². The van der Waals surface area contributed by atoms with Gasteiger partial charge in [0.2, 0.25) is 5.28 Å². The van der Waals surface area contributed by atoms with E-state index in [9.17, 15) is 0 Å². The number of rotatable bonds is 0. The van der Waals surface area contributed by atoms with Crippen molar-refractivity contribution in [2.24, 2.45) is 7.05 Å². The maximum atomic E-state index is 5.66. The van der Waals surface area contributed by atoms with Gasteiger partial charge in [-0.2, -0.15) is 0 Å². The Kier molecular flexibility index (Phi) is 1.82. The molecule has 1 heterocycles. The lowest BCUT2D eigenvalue weighted by molar-refractivity contribution is 0.890. The van der Waals surface area contributed by atoms with Gasteiger partial charge >= 0.3 is 0 Å². The predicted octanol–water partition coefficient (Wildman–Crippen LogP) is 2.14. The van der Waals surface area contributed by atoms with Gasteiger partial charge in [0.05, 0.1) is 5.69 Å². The third-order valence-corrected chi connectivity index (χ3v) is 2.57. The Hall–Kier alpha value is -0.0200.